The van der Waals surface area contributed by atoms with Crippen LogP contribution in [0.3, 0.4) is 0 Å². The van der Waals surface area contributed by atoms with E-state index in [1.165, 1.54) is 64.6 Å². The quantitative estimate of drug-likeness (QED) is 0.131. The number of hydrogen-bond donors (Lipinski definition) is 1. The van der Waals surface area contributed by atoms with Crippen LogP contribution in [0.1, 0.15) is 100 Å². The molecule has 0 spiro atoms. The molecular weight excluding hydrogens is 541 g/mol. The normalized spacial score (nSPS) is 12.4. The van der Waals surface area contributed by atoms with Gasteiger partial charge < -0.3 is 5.32 Å². The minimum absolute atomic E-state index is 0.194. The third kappa shape index (κ3) is 9.67. The van der Waals surface area contributed by atoms with Crippen molar-refractivity contribution in [3.05, 3.63) is 114 Å². The number of hydrogen-bond acceptors (Lipinski definition) is 2. The maximum Gasteiger partial charge on any atom is 0.123 e. The first kappa shape index (κ1) is 33.2. The molecule has 0 aliphatic rings. The van der Waals surface area contributed by atoms with E-state index in [2.05, 4.69) is 100 Å². The summed E-state index contributed by atoms with van der Waals surface area (Å²) in [6, 6.07) is 19.7. The Hall–Kier alpha value is -3.66. The van der Waals surface area contributed by atoms with Gasteiger partial charge in [0.25, 0.3) is 0 Å². The molecule has 4 rings (SSSR count). The minimum atomic E-state index is -0.194. The van der Waals surface area contributed by atoms with E-state index >= 15 is 0 Å². The lowest BCUT2D eigenvalue weighted by molar-refractivity contribution is 0.361. The molecule has 1 heterocycles. The Morgan fingerprint density at radius 1 is 0.932 bits per heavy atom. The van der Waals surface area contributed by atoms with E-state index in [1.807, 2.05) is 12.1 Å². The average Bonchev–Trinajstić information content (AvgIpc) is 3.40. The maximum absolute atomic E-state index is 13.2. The first-order valence-corrected chi connectivity index (χ1v) is 16.4. The van der Waals surface area contributed by atoms with Crippen molar-refractivity contribution in [3.63, 3.8) is 0 Å². The van der Waals surface area contributed by atoms with Crippen LogP contribution < -0.4 is 5.32 Å². The Balaban J connectivity index is 1.30. The van der Waals surface area contributed by atoms with E-state index < -0.39 is 0 Å². The van der Waals surface area contributed by atoms with Crippen molar-refractivity contribution in [1.29, 1.82) is 0 Å². The van der Waals surface area contributed by atoms with E-state index in [1.54, 1.807) is 0 Å². The molecule has 234 valence electrons. The van der Waals surface area contributed by atoms with Crippen molar-refractivity contribution in [2.75, 3.05) is 6.54 Å². The molecule has 1 unspecified atom stereocenters. The van der Waals surface area contributed by atoms with Gasteiger partial charge in [-0.05, 0) is 109 Å². The largest absolute Gasteiger partial charge is 0.385 e. The van der Waals surface area contributed by atoms with Crippen molar-refractivity contribution in [2.45, 2.75) is 92.5 Å². The van der Waals surface area contributed by atoms with Crippen molar-refractivity contribution in [1.82, 2.24) is 15.1 Å². The fourth-order valence-corrected chi connectivity index (χ4v) is 6.10. The molecule has 3 aromatic carbocycles. The summed E-state index contributed by atoms with van der Waals surface area (Å²) in [6.45, 7) is 22.0. The van der Waals surface area contributed by atoms with Crippen molar-refractivity contribution >= 4 is 22.2 Å². The van der Waals surface area contributed by atoms with Gasteiger partial charge in [0, 0.05) is 35.9 Å². The number of aromatic nitrogens is 2. The number of benzene rings is 3. The van der Waals surface area contributed by atoms with Gasteiger partial charge in [0.15, 0.2) is 0 Å². The van der Waals surface area contributed by atoms with Gasteiger partial charge in [-0.1, -0.05) is 89.7 Å². The highest BCUT2D eigenvalue weighted by molar-refractivity contribution is 5.86. The molecule has 1 aromatic heterocycles. The van der Waals surface area contributed by atoms with Crippen LogP contribution in [0.2, 0.25) is 0 Å². The smallest absolute Gasteiger partial charge is 0.123 e. The van der Waals surface area contributed by atoms with Gasteiger partial charge in [0.1, 0.15) is 5.82 Å². The molecular formula is C40H52FN3. The molecule has 0 amide bonds. The predicted molar refractivity (Wildman–Crippen MR) is 187 cm³/mol. The fraction of sp³-hybridized carbons (Fsp3) is 0.425. The lowest BCUT2D eigenvalue weighted by atomic mass is 9.90. The van der Waals surface area contributed by atoms with E-state index in [0.717, 1.165) is 62.0 Å². The number of rotatable bonds is 16. The Kier molecular flexibility index (Phi) is 11.6. The molecule has 0 radical (unpaired) electrons. The van der Waals surface area contributed by atoms with E-state index in [9.17, 15) is 4.39 Å². The lowest BCUT2D eigenvalue weighted by Gasteiger charge is -2.19. The van der Waals surface area contributed by atoms with Crippen molar-refractivity contribution in [3.8, 4) is 0 Å². The molecule has 0 aliphatic carbocycles. The van der Waals surface area contributed by atoms with Gasteiger partial charge in [-0.25, -0.2) is 4.39 Å². The van der Waals surface area contributed by atoms with Gasteiger partial charge in [0.05, 0.1) is 5.52 Å². The molecule has 0 saturated heterocycles. The summed E-state index contributed by atoms with van der Waals surface area (Å²) in [5, 5.41) is 9.73. The first-order valence-electron chi connectivity index (χ1n) is 16.4. The van der Waals surface area contributed by atoms with Crippen LogP contribution in [0.25, 0.3) is 22.2 Å². The molecule has 0 bridgehead atoms. The second-order valence-electron chi connectivity index (χ2n) is 13.7. The van der Waals surface area contributed by atoms with E-state index in [0.29, 0.717) is 11.3 Å². The van der Waals surface area contributed by atoms with Crippen LogP contribution in [0.5, 0.6) is 0 Å². The second kappa shape index (κ2) is 15.4. The topological polar surface area (TPSA) is 29.9 Å². The van der Waals surface area contributed by atoms with Gasteiger partial charge >= 0.3 is 0 Å². The third-order valence-corrected chi connectivity index (χ3v) is 8.69. The molecule has 3 nitrogen and oxygen atoms in total. The Morgan fingerprint density at radius 3 is 2.27 bits per heavy atom. The standard InChI is InChI=1S/C40H52FN3/c1-8-11-34(13-9-12-29(2)35-18-14-32(15-19-35)26-33-16-20-36(41)21-17-33)27-44-28-38-30(3)37(22-23-39(38)43-44)31(4)42-25-10-24-40(5,6)7/h14-23,28,34,42H,2,4,8-13,24-27H2,1,3,5-7H3. The number of fused-ring (bicyclic) bond motifs is 1. The number of nitrogens with zero attached hydrogens (tertiary/aromatic N) is 2. The summed E-state index contributed by atoms with van der Waals surface area (Å²) < 4.78 is 15.4. The number of nitrogens with one attached hydrogen (secondary N) is 1. The Labute approximate surface area is 265 Å². The van der Waals surface area contributed by atoms with Gasteiger partial charge in [-0.15, -0.1) is 0 Å². The van der Waals surface area contributed by atoms with Gasteiger partial charge in [-0.3, -0.25) is 4.68 Å². The molecule has 4 heteroatoms. The summed E-state index contributed by atoms with van der Waals surface area (Å²) >= 11 is 0. The SMILES string of the molecule is C=C(CCCC(CCC)Cn1cc2c(C)c(C(=C)NCCCC(C)(C)C)ccc2n1)c1ccc(Cc2ccc(F)cc2)cc1. The Morgan fingerprint density at radius 2 is 1.61 bits per heavy atom. The van der Waals surface area contributed by atoms with Crippen LogP contribution in [-0.4, -0.2) is 16.3 Å². The molecule has 1 N–H and O–H groups in total. The predicted octanol–water partition coefficient (Wildman–Crippen LogP) is 10.8. The first-order chi connectivity index (χ1) is 21.0. The van der Waals surface area contributed by atoms with Crippen molar-refractivity contribution < 1.29 is 4.39 Å². The van der Waals surface area contributed by atoms with Crippen LogP contribution in [0.15, 0.2) is 80.0 Å². The van der Waals surface area contributed by atoms with E-state index in [4.69, 9.17) is 5.10 Å². The highest BCUT2D eigenvalue weighted by atomic mass is 19.1. The second-order valence-corrected chi connectivity index (χ2v) is 13.7. The van der Waals surface area contributed by atoms with Crippen LogP contribution >= 0.6 is 0 Å². The van der Waals surface area contributed by atoms with Crippen molar-refractivity contribution in [2.24, 2.45) is 11.3 Å². The lowest BCUT2D eigenvalue weighted by Crippen LogP contribution is -2.16. The Bertz CT molecular complexity index is 1520. The third-order valence-electron chi connectivity index (χ3n) is 8.69. The van der Waals surface area contributed by atoms with Gasteiger partial charge in [-0.2, -0.15) is 5.10 Å². The fourth-order valence-electron chi connectivity index (χ4n) is 6.10. The zero-order valence-electron chi connectivity index (χ0n) is 27.7. The summed E-state index contributed by atoms with van der Waals surface area (Å²) in [4.78, 5) is 0. The summed E-state index contributed by atoms with van der Waals surface area (Å²) in [5.74, 6) is 0.389. The highest BCUT2D eigenvalue weighted by Crippen LogP contribution is 2.28. The minimum Gasteiger partial charge on any atom is -0.385 e. The number of halogens is 1. The van der Waals surface area contributed by atoms with Crippen LogP contribution in [-0.2, 0) is 13.0 Å². The highest BCUT2D eigenvalue weighted by Gasteiger charge is 2.15. The molecule has 1 atom stereocenters. The summed E-state index contributed by atoms with van der Waals surface area (Å²) in [6.07, 6.45) is 11.0. The van der Waals surface area contributed by atoms with Crippen LogP contribution in [0, 0.1) is 24.1 Å². The number of aryl methyl sites for hydroxylation is 1. The summed E-state index contributed by atoms with van der Waals surface area (Å²) in [5.41, 5.74) is 9.57. The zero-order valence-corrected chi connectivity index (χ0v) is 27.7. The maximum atomic E-state index is 13.2. The molecule has 0 saturated carbocycles. The summed E-state index contributed by atoms with van der Waals surface area (Å²) in [7, 11) is 0. The van der Waals surface area contributed by atoms with E-state index in [-0.39, 0.29) is 5.82 Å². The number of allylic oxidation sites excluding steroid dienone is 1. The average molecular weight is 594 g/mol. The van der Waals surface area contributed by atoms with Crippen LogP contribution in [0.4, 0.5) is 4.39 Å². The zero-order chi connectivity index (χ0) is 31.7. The molecule has 0 fully saturated rings. The monoisotopic (exact) mass is 593 g/mol. The molecule has 44 heavy (non-hydrogen) atoms. The molecule has 0 aliphatic heterocycles. The van der Waals surface area contributed by atoms with Gasteiger partial charge in [0.2, 0.25) is 0 Å². The molecule has 4 aromatic rings.